The van der Waals surface area contributed by atoms with E-state index in [0.717, 1.165) is 11.8 Å². The molecule has 1 atom stereocenters. The largest absolute Gasteiger partial charge is 0.488 e. The second-order valence-corrected chi connectivity index (χ2v) is 7.80. The highest BCUT2D eigenvalue weighted by Gasteiger charge is 2.35. The van der Waals surface area contributed by atoms with Crippen LogP contribution in [0, 0.1) is 11.7 Å². The van der Waals surface area contributed by atoms with Crippen molar-refractivity contribution in [3.63, 3.8) is 0 Å². The Balaban J connectivity index is 1.68. The summed E-state index contributed by atoms with van der Waals surface area (Å²) < 4.78 is 43.5. The van der Waals surface area contributed by atoms with Crippen LogP contribution in [-0.4, -0.2) is 49.9 Å². The lowest BCUT2D eigenvalue weighted by molar-refractivity contribution is 0.0763. The molecule has 0 aromatic heterocycles. The zero-order chi connectivity index (χ0) is 15.2. The van der Waals surface area contributed by atoms with Gasteiger partial charge in [0.15, 0.2) is 0 Å². The maximum atomic E-state index is 14.0. The zero-order valence-corrected chi connectivity index (χ0v) is 12.6. The number of ether oxygens (including phenoxy) is 1. The van der Waals surface area contributed by atoms with Crippen LogP contribution in [0.3, 0.4) is 0 Å². The van der Waals surface area contributed by atoms with Crippen molar-refractivity contribution in [3.8, 4) is 5.75 Å². The van der Waals surface area contributed by atoms with Gasteiger partial charge in [-0.2, -0.15) is 4.31 Å². The van der Waals surface area contributed by atoms with Gasteiger partial charge in [-0.25, -0.2) is 12.8 Å². The van der Waals surface area contributed by atoms with Crippen molar-refractivity contribution in [1.82, 2.24) is 4.31 Å². The molecular formula is C14H18FNO4S. The molecule has 1 aromatic rings. The van der Waals surface area contributed by atoms with Crippen molar-refractivity contribution in [3.05, 3.63) is 29.1 Å². The zero-order valence-electron chi connectivity index (χ0n) is 11.8. The highest BCUT2D eigenvalue weighted by atomic mass is 32.2. The van der Waals surface area contributed by atoms with Gasteiger partial charge in [-0.15, -0.1) is 0 Å². The van der Waals surface area contributed by atoms with Crippen molar-refractivity contribution >= 4 is 10.0 Å². The van der Waals surface area contributed by atoms with E-state index in [9.17, 15) is 17.9 Å². The van der Waals surface area contributed by atoms with Gasteiger partial charge in [-0.3, -0.25) is 0 Å². The smallest absolute Gasteiger partial charge is 0.211 e. The summed E-state index contributed by atoms with van der Waals surface area (Å²) in [5, 5.41) is 9.18. The molecule has 1 unspecified atom stereocenters. The number of hydrogen-bond acceptors (Lipinski definition) is 4. The Kier molecular flexibility index (Phi) is 3.67. The number of halogens is 1. The predicted octanol–water partition coefficient (Wildman–Crippen LogP) is 0.555. The van der Waals surface area contributed by atoms with Gasteiger partial charge in [-0.05, 0) is 36.0 Å². The quantitative estimate of drug-likeness (QED) is 0.881. The second-order valence-electron chi connectivity index (χ2n) is 5.82. The van der Waals surface area contributed by atoms with E-state index in [2.05, 4.69) is 0 Å². The number of sulfonamides is 1. The van der Waals surface area contributed by atoms with E-state index < -0.39 is 10.0 Å². The van der Waals surface area contributed by atoms with Crippen molar-refractivity contribution in [1.29, 1.82) is 0 Å². The number of benzene rings is 1. The van der Waals surface area contributed by atoms with E-state index in [0.29, 0.717) is 37.2 Å². The van der Waals surface area contributed by atoms with E-state index in [4.69, 9.17) is 4.74 Å². The van der Waals surface area contributed by atoms with E-state index in [-0.39, 0.29) is 24.4 Å². The second kappa shape index (κ2) is 5.23. The fourth-order valence-electron chi connectivity index (χ4n) is 2.88. The SMILES string of the molecule is CS(=O)(=O)N1CC(Oc2cc(F)c3c(c2)CC(CO)C3)C1. The average molecular weight is 315 g/mol. The molecule has 116 valence electrons. The summed E-state index contributed by atoms with van der Waals surface area (Å²) >= 11 is 0. The first-order chi connectivity index (χ1) is 9.86. The van der Waals surface area contributed by atoms with Gasteiger partial charge < -0.3 is 9.84 Å². The maximum absolute atomic E-state index is 14.0. The van der Waals surface area contributed by atoms with E-state index in [1.807, 2.05) is 0 Å². The topological polar surface area (TPSA) is 66.8 Å². The number of nitrogens with zero attached hydrogens (tertiary/aromatic N) is 1. The molecule has 1 saturated heterocycles. The minimum atomic E-state index is -3.17. The monoisotopic (exact) mass is 315 g/mol. The van der Waals surface area contributed by atoms with Gasteiger partial charge in [0.25, 0.3) is 0 Å². The van der Waals surface area contributed by atoms with Crippen LogP contribution < -0.4 is 4.74 Å². The van der Waals surface area contributed by atoms with Crippen LogP contribution in [0.4, 0.5) is 4.39 Å². The number of aliphatic hydroxyl groups excluding tert-OH is 1. The summed E-state index contributed by atoms with van der Waals surface area (Å²) in [4.78, 5) is 0. The van der Waals surface area contributed by atoms with Crippen LogP contribution in [0.15, 0.2) is 12.1 Å². The van der Waals surface area contributed by atoms with Gasteiger partial charge in [0.05, 0.1) is 19.3 Å². The number of fused-ring (bicyclic) bond motifs is 1. The van der Waals surface area contributed by atoms with Gasteiger partial charge >= 0.3 is 0 Å². The first kappa shape index (κ1) is 14.7. The third-order valence-electron chi connectivity index (χ3n) is 4.11. The minimum absolute atomic E-state index is 0.0518. The molecule has 1 fully saturated rings. The van der Waals surface area contributed by atoms with Gasteiger partial charge in [-0.1, -0.05) is 0 Å². The highest BCUT2D eigenvalue weighted by Crippen LogP contribution is 2.33. The van der Waals surface area contributed by atoms with Crippen LogP contribution in [0.25, 0.3) is 0 Å². The molecular weight excluding hydrogens is 297 g/mol. The molecule has 7 heteroatoms. The molecule has 1 aliphatic carbocycles. The number of hydrogen-bond donors (Lipinski definition) is 1. The van der Waals surface area contributed by atoms with Gasteiger partial charge in [0.1, 0.15) is 17.7 Å². The van der Waals surface area contributed by atoms with E-state index >= 15 is 0 Å². The maximum Gasteiger partial charge on any atom is 0.211 e. The number of rotatable bonds is 4. The fourth-order valence-corrected chi connectivity index (χ4v) is 3.76. The lowest BCUT2D eigenvalue weighted by atomic mass is 10.1. The molecule has 1 N–H and O–H groups in total. The van der Waals surface area contributed by atoms with Crippen LogP contribution >= 0.6 is 0 Å². The molecule has 0 bridgehead atoms. The normalized spacial score (nSPS) is 22.9. The first-order valence-corrected chi connectivity index (χ1v) is 8.75. The standard InChI is InChI=1S/C14H18FNO4S/c1-21(18,19)16-6-12(7-16)20-11-4-10-2-9(8-17)3-13(10)14(15)5-11/h4-5,9,12,17H,2-3,6-8H2,1H3. The molecule has 21 heavy (non-hydrogen) atoms. The minimum Gasteiger partial charge on any atom is -0.488 e. The predicted molar refractivity (Wildman–Crippen MR) is 75.2 cm³/mol. The van der Waals surface area contributed by atoms with Crippen molar-refractivity contribution in [2.24, 2.45) is 5.92 Å². The molecule has 0 amide bonds. The summed E-state index contributed by atoms with van der Waals surface area (Å²) in [7, 11) is -3.17. The third kappa shape index (κ3) is 2.90. The molecule has 5 nitrogen and oxygen atoms in total. The fraction of sp³-hybridized carbons (Fsp3) is 0.571. The Morgan fingerprint density at radius 1 is 1.38 bits per heavy atom. The third-order valence-corrected chi connectivity index (χ3v) is 5.34. The van der Waals surface area contributed by atoms with Crippen LogP contribution in [0.2, 0.25) is 0 Å². The van der Waals surface area contributed by atoms with E-state index in [1.54, 1.807) is 6.07 Å². The molecule has 3 rings (SSSR count). The molecule has 0 saturated carbocycles. The Bertz CT molecular complexity index is 655. The lowest BCUT2D eigenvalue weighted by Crippen LogP contribution is -2.55. The highest BCUT2D eigenvalue weighted by molar-refractivity contribution is 7.88. The Hall–Kier alpha value is -1.18. The first-order valence-electron chi connectivity index (χ1n) is 6.90. The van der Waals surface area contributed by atoms with Crippen LogP contribution in [0.1, 0.15) is 11.1 Å². The molecule has 0 radical (unpaired) electrons. The van der Waals surface area contributed by atoms with Gasteiger partial charge in [0, 0.05) is 12.7 Å². The summed E-state index contributed by atoms with van der Waals surface area (Å²) in [5.41, 5.74) is 1.54. The van der Waals surface area contributed by atoms with Crippen molar-refractivity contribution in [2.45, 2.75) is 18.9 Å². The Morgan fingerprint density at radius 2 is 2.10 bits per heavy atom. The van der Waals surface area contributed by atoms with Crippen molar-refractivity contribution < 1.29 is 22.7 Å². The molecule has 1 aromatic carbocycles. The molecule has 1 aliphatic heterocycles. The summed E-state index contributed by atoms with van der Waals surface area (Å²) in [6, 6.07) is 3.15. The summed E-state index contributed by atoms with van der Waals surface area (Å²) in [6.07, 6.45) is 2.14. The number of aliphatic hydroxyl groups is 1. The lowest BCUT2D eigenvalue weighted by Gasteiger charge is -2.37. The molecule has 0 spiro atoms. The van der Waals surface area contributed by atoms with Gasteiger partial charge in [0.2, 0.25) is 10.0 Å². The van der Waals surface area contributed by atoms with Crippen LogP contribution in [-0.2, 0) is 22.9 Å². The van der Waals surface area contributed by atoms with Crippen LogP contribution in [0.5, 0.6) is 5.75 Å². The summed E-state index contributed by atoms with van der Waals surface area (Å²) in [6.45, 7) is 0.657. The molecule has 1 heterocycles. The van der Waals surface area contributed by atoms with Crippen molar-refractivity contribution in [2.75, 3.05) is 26.0 Å². The Morgan fingerprint density at radius 3 is 2.71 bits per heavy atom. The van der Waals surface area contributed by atoms with E-state index in [1.165, 1.54) is 10.4 Å². The average Bonchev–Trinajstić information content (AvgIpc) is 2.75. The Labute approximate surface area is 123 Å². The molecule has 2 aliphatic rings. The summed E-state index contributed by atoms with van der Waals surface area (Å²) in [5.74, 6) is 0.204.